The lowest BCUT2D eigenvalue weighted by molar-refractivity contribution is -0.113. The lowest BCUT2D eigenvalue weighted by Crippen LogP contribution is -2.15. The van der Waals surface area contributed by atoms with Crippen LogP contribution < -0.4 is 10.1 Å². The van der Waals surface area contributed by atoms with Gasteiger partial charge in [-0.2, -0.15) is 5.26 Å². The van der Waals surface area contributed by atoms with Crippen molar-refractivity contribution < 1.29 is 9.53 Å². The van der Waals surface area contributed by atoms with Crippen LogP contribution >= 0.6 is 23.1 Å². The number of fused-ring (bicyclic) bond motifs is 1. The molecule has 3 aromatic rings. The van der Waals surface area contributed by atoms with Crippen LogP contribution in [0.5, 0.6) is 5.75 Å². The monoisotopic (exact) mass is 495 g/mol. The van der Waals surface area contributed by atoms with E-state index < -0.39 is 0 Å². The molecule has 1 aliphatic carbocycles. The summed E-state index contributed by atoms with van der Waals surface area (Å²) in [5, 5.41) is 22.4. The second-order valence-electron chi connectivity index (χ2n) is 8.99. The fraction of sp³-hybridized carbons (Fsp3) is 0.440. The van der Waals surface area contributed by atoms with Crippen molar-refractivity contribution in [3.63, 3.8) is 0 Å². The number of hydrogen-bond donors (Lipinski definition) is 1. The second-order valence-corrected chi connectivity index (χ2v) is 11.0. The maximum atomic E-state index is 12.7. The maximum absolute atomic E-state index is 12.7. The minimum atomic E-state index is -0.292. The minimum Gasteiger partial charge on any atom is -0.483 e. The largest absolute Gasteiger partial charge is 0.483 e. The highest BCUT2D eigenvalue weighted by atomic mass is 32.2. The van der Waals surface area contributed by atoms with Crippen LogP contribution in [0.1, 0.15) is 59.3 Å². The topological polar surface area (TPSA) is 92.8 Å². The van der Waals surface area contributed by atoms with Crippen molar-refractivity contribution in [2.75, 3.05) is 11.1 Å². The summed E-state index contributed by atoms with van der Waals surface area (Å²) in [6, 6.07) is 8.40. The number of anilines is 1. The molecule has 0 saturated heterocycles. The number of amides is 1. The molecular formula is C25H29N5O2S2. The van der Waals surface area contributed by atoms with Crippen LogP contribution in [-0.4, -0.2) is 26.4 Å². The highest BCUT2D eigenvalue weighted by Gasteiger charge is 2.25. The molecule has 2 aromatic heterocycles. The molecule has 0 saturated carbocycles. The van der Waals surface area contributed by atoms with Crippen LogP contribution in [0.15, 0.2) is 23.4 Å². The predicted molar refractivity (Wildman–Crippen MR) is 136 cm³/mol. The highest BCUT2D eigenvalue weighted by molar-refractivity contribution is 7.99. The van der Waals surface area contributed by atoms with Crippen molar-refractivity contribution >= 4 is 34.0 Å². The Morgan fingerprint density at radius 2 is 2.09 bits per heavy atom. The number of nitrogens with one attached hydrogen (secondary N) is 1. The van der Waals surface area contributed by atoms with Crippen LogP contribution in [0.2, 0.25) is 0 Å². The van der Waals surface area contributed by atoms with Gasteiger partial charge in [0.1, 0.15) is 16.8 Å². The molecule has 0 aliphatic heterocycles. The van der Waals surface area contributed by atoms with Gasteiger partial charge in [-0.25, -0.2) is 0 Å². The smallest absolute Gasteiger partial charge is 0.235 e. The van der Waals surface area contributed by atoms with Gasteiger partial charge in [0.15, 0.2) is 17.1 Å². The third kappa shape index (κ3) is 5.29. The van der Waals surface area contributed by atoms with E-state index in [1.54, 1.807) is 11.3 Å². The number of nitriles is 1. The Morgan fingerprint density at radius 3 is 2.79 bits per heavy atom. The average molecular weight is 496 g/mol. The van der Waals surface area contributed by atoms with E-state index in [2.05, 4.69) is 34.6 Å². The number of ether oxygens (including phenoxy) is 1. The molecule has 2 heterocycles. The zero-order chi connectivity index (χ0) is 24.4. The zero-order valence-corrected chi connectivity index (χ0v) is 21.8. The van der Waals surface area contributed by atoms with Crippen molar-refractivity contribution in [1.29, 1.82) is 5.26 Å². The highest BCUT2D eigenvalue weighted by Crippen LogP contribution is 2.39. The molecule has 2 unspecified atom stereocenters. The number of aromatic nitrogens is 3. The Kier molecular flexibility index (Phi) is 7.29. The summed E-state index contributed by atoms with van der Waals surface area (Å²) in [7, 11) is 1.87. The molecule has 0 radical (unpaired) electrons. The van der Waals surface area contributed by atoms with E-state index in [1.165, 1.54) is 16.6 Å². The summed E-state index contributed by atoms with van der Waals surface area (Å²) in [4.78, 5) is 13.9. The number of carbonyl (C=O) groups excluding carboxylic acids is 1. The van der Waals surface area contributed by atoms with E-state index in [1.807, 2.05) is 44.5 Å². The summed E-state index contributed by atoms with van der Waals surface area (Å²) in [5.41, 5.74) is 4.03. The number of thioether (sulfide) groups is 1. The molecule has 9 heteroatoms. The number of rotatable bonds is 7. The Labute approximate surface area is 208 Å². The Balaban J connectivity index is 1.38. The van der Waals surface area contributed by atoms with Gasteiger partial charge in [-0.05, 0) is 74.8 Å². The van der Waals surface area contributed by atoms with E-state index in [9.17, 15) is 10.1 Å². The maximum Gasteiger partial charge on any atom is 0.235 e. The van der Waals surface area contributed by atoms with Crippen LogP contribution in [-0.2, 0) is 24.7 Å². The fourth-order valence-corrected chi connectivity index (χ4v) is 6.41. The van der Waals surface area contributed by atoms with E-state index in [4.69, 9.17) is 4.74 Å². The quantitative estimate of drug-likeness (QED) is 0.444. The fourth-order valence-electron chi connectivity index (χ4n) is 4.31. The number of thiophene rings is 1. The first kappa shape index (κ1) is 24.3. The van der Waals surface area contributed by atoms with Gasteiger partial charge in [-0.1, -0.05) is 24.8 Å². The molecule has 178 valence electrons. The molecule has 34 heavy (non-hydrogen) atoms. The normalized spacial score (nSPS) is 15.9. The van der Waals surface area contributed by atoms with Gasteiger partial charge >= 0.3 is 0 Å². The first-order valence-electron chi connectivity index (χ1n) is 11.4. The Bertz CT molecular complexity index is 1240. The molecule has 4 rings (SSSR count). The number of carbonyl (C=O) groups is 1. The summed E-state index contributed by atoms with van der Waals surface area (Å²) in [6.07, 6.45) is 2.68. The van der Waals surface area contributed by atoms with E-state index in [0.717, 1.165) is 41.7 Å². The average Bonchev–Trinajstić information content (AvgIpc) is 3.30. The lowest BCUT2D eigenvalue weighted by Gasteiger charge is -2.17. The van der Waals surface area contributed by atoms with E-state index in [0.29, 0.717) is 27.5 Å². The van der Waals surface area contributed by atoms with Crippen molar-refractivity contribution in [2.24, 2.45) is 13.0 Å². The van der Waals surface area contributed by atoms with Gasteiger partial charge in [0.2, 0.25) is 5.91 Å². The Hall–Kier alpha value is -2.83. The molecule has 0 bridgehead atoms. The molecule has 1 amide bonds. The minimum absolute atomic E-state index is 0.155. The van der Waals surface area contributed by atoms with Crippen molar-refractivity contribution in [3.8, 4) is 11.8 Å². The second kappa shape index (κ2) is 10.2. The number of nitrogens with zero attached hydrogens (tertiary/aromatic N) is 4. The summed E-state index contributed by atoms with van der Waals surface area (Å²) >= 11 is 2.86. The van der Waals surface area contributed by atoms with Crippen LogP contribution in [0.3, 0.4) is 0 Å². The molecular weight excluding hydrogens is 466 g/mol. The van der Waals surface area contributed by atoms with Crippen LogP contribution in [0, 0.1) is 31.1 Å². The number of hydrogen-bond acceptors (Lipinski definition) is 7. The summed E-state index contributed by atoms with van der Waals surface area (Å²) in [5.74, 6) is 2.12. The van der Waals surface area contributed by atoms with Crippen molar-refractivity contribution in [2.45, 2.75) is 58.2 Å². The van der Waals surface area contributed by atoms with Gasteiger partial charge in [0.05, 0.1) is 11.3 Å². The van der Waals surface area contributed by atoms with Gasteiger partial charge < -0.3 is 14.6 Å². The van der Waals surface area contributed by atoms with E-state index in [-0.39, 0.29) is 17.8 Å². The van der Waals surface area contributed by atoms with Gasteiger partial charge in [-0.15, -0.1) is 21.5 Å². The van der Waals surface area contributed by atoms with E-state index >= 15 is 0 Å². The summed E-state index contributed by atoms with van der Waals surface area (Å²) in [6.45, 7) is 8.24. The molecule has 0 fully saturated rings. The number of benzene rings is 1. The van der Waals surface area contributed by atoms with Gasteiger partial charge in [0.25, 0.3) is 0 Å². The first-order chi connectivity index (χ1) is 16.2. The van der Waals surface area contributed by atoms with Crippen molar-refractivity contribution in [1.82, 2.24) is 14.8 Å². The SMILES string of the molecule is Cc1cc(C)cc(OC(C)c2nnc(SCC(=O)Nc3sc4c(c3C#N)CCC(C)C4)n2C)c1. The summed E-state index contributed by atoms with van der Waals surface area (Å²) < 4.78 is 7.95. The Morgan fingerprint density at radius 1 is 1.35 bits per heavy atom. The zero-order valence-electron chi connectivity index (χ0n) is 20.1. The van der Waals surface area contributed by atoms with Crippen LogP contribution in [0.4, 0.5) is 5.00 Å². The van der Waals surface area contributed by atoms with Gasteiger partial charge in [0, 0.05) is 11.9 Å². The number of aryl methyl sites for hydroxylation is 2. The molecule has 7 nitrogen and oxygen atoms in total. The molecule has 1 aliphatic rings. The third-order valence-corrected chi connectivity index (χ3v) is 8.14. The van der Waals surface area contributed by atoms with Gasteiger partial charge in [-0.3, -0.25) is 4.79 Å². The standard InChI is InChI=1S/C25H29N5O2S2/c1-14-6-7-19-20(12-26)24(34-21(19)11-14)27-22(31)13-33-25-29-28-23(30(25)5)17(4)32-18-9-15(2)8-16(3)10-18/h8-10,14,17H,6-7,11,13H2,1-5H3,(H,27,31). The molecule has 1 aromatic carbocycles. The van der Waals surface area contributed by atoms with Crippen LogP contribution in [0.25, 0.3) is 0 Å². The lowest BCUT2D eigenvalue weighted by atomic mass is 9.89. The molecule has 1 N–H and O–H groups in total. The third-order valence-electron chi connectivity index (χ3n) is 5.95. The first-order valence-corrected chi connectivity index (χ1v) is 13.2. The predicted octanol–water partition coefficient (Wildman–Crippen LogP) is 5.36. The molecule has 0 spiro atoms. The van der Waals surface area contributed by atoms with Crippen molar-refractivity contribution in [3.05, 3.63) is 51.2 Å². The molecule has 2 atom stereocenters.